The second-order valence-corrected chi connectivity index (χ2v) is 8.03. The van der Waals surface area contributed by atoms with Crippen molar-refractivity contribution >= 4 is 40.4 Å². The molecule has 0 bridgehead atoms. The van der Waals surface area contributed by atoms with Crippen molar-refractivity contribution in [3.8, 4) is 0 Å². The number of thiazole rings is 1. The van der Waals surface area contributed by atoms with Gasteiger partial charge in [0, 0.05) is 28.2 Å². The third-order valence-corrected chi connectivity index (χ3v) is 5.20. The highest BCUT2D eigenvalue weighted by Gasteiger charge is 2.19. The lowest BCUT2D eigenvalue weighted by Gasteiger charge is -2.21. The van der Waals surface area contributed by atoms with Crippen LogP contribution in [0, 0.1) is 0 Å². The minimum absolute atomic E-state index is 0.0744. The maximum absolute atomic E-state index is 12.6. The Bertz CT molecular complexity index is 867. The molecule has 1 aromatic heterocycles. The van der Waals surface area contributed by atoms with E-state index in [1.807, 2.05) is 59.8 Å². The molecule has 27 heavy (non-hydrogen) atoms. The van der Waals surface area contributed by atoms with Gasteiger partial charge in [-0.1, -0.05) is 53.5 Å². The zero-order chi connectivity index (χ0) is 19.2. The molecule has 1 N–H and O–H groups in total. The van der Waals surface area contributed by atoms with Crippen LogP contribution < -0.4 is 5.32 Å². The third kappa shape index (κ3) is 5.78. The molecule has 0 aliphatic rings. The van der Waals surface area contributed by atoms with Crippen molar-refractivity contribution in [2.75, 3.05) is 13.6 Å². The molecule has 3 rings (SSSR count). The normalized spacial score (nSPS) is 12.1. The van der Waals surface area contributed by atoms with E-state index in [0.717, 1.165) is 16.1 Å². The Hall–Kier alpha value is -1.92. The van der Waals surface area contributed by atoms with Crippen molar-refractivity contribution in [1.29, 1.82) is 0 Å². The van der Waals surface area contributed by atoms with Gasteiger partial charge in [-0.05, 0) is 36.4 Å². The van der Waals surface area contributed by atoms with E-state index >= 15 is 0 Å². The summed E-state index contributed by atoms with van der Waals surface area (Å²) in [4.78, 5) is 18.9. The van der Waals surface area contributed by atoms with Crippen LogP contribution in [-0.2, 0) is 11.3 Å². The van der Waals surface area contributed by atoms with Crippen LogP contribution in [0.4, 0.5) is 0 Å². The smallest absolute Gasteiger partial charge is 0.235 e. The monoisotopic (exact) mass is 419 g/mol. The molecule has 2 aromatic carbocycles. The van der Waals surface area contributed by atoms with Crippen LogP contribution >= 0.6 is 34.5 Å². The number of nitrogens with one attached hydrogen (secondary N) is 1. The van der Waals surface area contributed by atoms with Crippen molar-refractivity contribution in [3.05, 3.63) is 86.3 Å². The number of hydrogen-bond acceptors (Lipinski definition) is 4. The van der Waals surface area contributed by atoms with Gasteiger partial charge in [0.2, 0.25) is 5.91 Å². The molecule has 1 atom stereocenters. The molecule has 1 heterocycles. The molecule has 3 aromatic rings. The van der Waals surface area contributed by atoms with Gasteiger partial charge < -0.3 is 5.32 Å². The Kier molecular flexibility index (Phi) is 6.85. The minimum atomic E-state index is -0.257. The molecule has 0 fully saturated rings. The van der Waals surface area contributed by atoms with Crippen LogP contribution in [0.3, 0.4) is 0 Å². The Labute approximate surface area is 172 Å². The highest BCUT2D eigenvalue weighted by molar-refractivity contribution is 7.09. The van der Waals surface area contributed by atoms with Gasteiger partial charge >= 0.3 is 0 Å². The molecule has 0 spiro atoms. The lowest BCUT2D eigenvalue weighted by atomic mass is 10.1. The molecule has 0 radical (unpaired) electrons. The average Bonchev–Trinajstić information content (AvgIpc) is 3.13. The van der Waals surface area contributed by atoms with Crippen molar-refractivity contribution in [3.63, 3.8) is 0 Å². The van der Waals surface area contributed by atoms with Crippen LogP contribution in [0.5, 0.6) is 0 Å². The zero-order valence-electron chi connectivity index (χ0n) is 14.7. The van der Waals surface area contributed by atoms with Crippen LogP contribution in [0.25, 0.3) is 0 Å². The summed E-state index contributed by atoms with van der Waals surface area (Å²) in [5.41, 5.74) is 1.97. The summed E-state index contributed by atoms with van der Waals surface area (Å²) >= 11 is 13.6. The molecule has 7 heteroatoms. The van der Waals surface area contributed by atoms with Gasteiger partial charge in [0.05, 0.1) is 6.54 Å². The summed E-state index contributed by atoms with van der Waals surface area (Å²) in [6.07, 6.45) is 1.75. The molecule has 1 amide bonds. The second-order valence-electron chi connectivity index (χ2n) is 6.23. The molecule has 1 unspecified atom stereocenters. The maximum atomic E-state index is 12.6. The first-order valence-electron chi connectivity index (χ1n) is 8.38. The number of hydrogen-bond donors (Lipinski definition) is 1. The first-order valence-corrected chi connectivity index (χ1v) is 10.0. The molecule has 0 aliphatic heterocycles. The zero-order valence-corrected chi connectivity index (χ0v) is 17.1. The molecular weight excluding hydrogens is 401 g/mol. The first-order chi connectivity index (χ1) is 13.0. The number of halogens is 2. The Morgan fingerprint density at radius 2 is 1.89 bits per heavy atom. The SMILES string of the molecule is CN(CC(=O)NC(c1ccccc1)c1nccs1)Cc1cc(Cl)cc(Cl)c1. The fourth-order valence-electron chi connectivity index (χ4n) is 2.83. The lowest BCUT2D eigenvalue weighted by Crippen LogP contribution is -2.37. The number of rotatable bonds is 7. The van der Waals surface area contributed by atoms with Crippen molar-refractivity contribution < 1.29 is 4.79 Å². The highest BCUT2D eigenvalue weighted by atomic mass is 35.5. The predicted molar refractivity (Wildman–Crippen MR) is 111 cm³/mol. The number of aromatic nitrogens is 1. The first kappa shape index (κ1) is 19.8. The van der Waals surface area contributed by atoms with Gasteiger partial charge in [-0.25, -0.2) is 4.98 Å². The lowest BCUT2D eigenvalue weighted by molar-refractivity contribution is -0.122. The van der Waals surface area contributed by atoms with E-state index in [1.165, 1.54) is 11.3 Å². The van der Waals surface area contributed by atoms with Crippen molar-refractivity contribution in [2.24, 2.45) is 0 Å². The van der Waals surface area contributed by atoms with Gasteiger partial charge in [-0.3, -0.25) is 9.69 Å². The fourth-order valence-corrected chi connectivity index (χ4v) is 4.12. The number of carbonyl (C=O) groups is 1. The van der Waals surface area contributed by atoms with Gasteiger partial charge in [0.15, 0.2) is 0 Å². The number of likely N-dealkylation sites (N-methyl/N-ethyl adjacent to an activating group) is 1. The van der Waals surface area contributed by atoms with E-state index in [1.54, 1.807) is 12.3 Å². The van der Waals surface area contributed by atoms with Gasteiger partial charge in [0.1, 0.15) is 11.0 Å². The van der Waals surface area contributed by atoms with Crippen LogP contribution in [0.2, 0.25) is 10.0 Å². The maximum Gasteiger partial charge on any atom is 0.235 e. The molecular formula is C20H19Cl2N3OS. The second kappa shape index (κ2) is 9.33. The van der Waals surface area contributed by atoms with Crippen LogP contribution in [0.15, 0.2) is 60.1 Å². The van der Waals surface area contributed by atoms with E-state index in [-0.39, 0.29) is 18.5 Å². The highest BCUT2D eigenvalue weighted by Crippen LogP contribution is 2.24. The summed E-state index contributed by atoms with van der Waals surface area (Å²) < 4.78 is 0. The molecule has 140 valence electrons. The number of nitrogens with zero attached hydrogens (tertiary/aromatic N) is 2. The molecule has 0 saturated heterocycles. The van der Waals surface area contributed by atoms with Crippen LogP contribution in [-0.4, -0.2) is 29.4 Å². The van der Waals surface area contributed by atoms with Gasteiger partial charge in [0.25, 0.3) is 0 Å². The van der Waals surface area contributed by atoms with Gasteiger partial charge in [-0.15, -0.1) is 11.3 Å². The average molecular weight is 420 g/mol. The fraction of sp³-hybridized carbons (Fsp3) is 0.200. The predicted octanol–water partition coefficient (Wildman–Crippen LogP) is 4.79. The number of carbonyl (C=O) groups excluding carboxylic acids is 1. The quantitative estimate of drug-likeness (QED) is 0.598. The molecule has 4 nitrogen and oxygen atoms in total. The minimum Gasteiger partial charge on any atom is -0.342 e. The number of benzene rings is 2. The summed E-state index contributed by atoms with van der Waals surface area (Å²) in [6, 6.07) is 15.0. The number of amides is 1. The van der Waals surface area contributed by atoms with Gasteiger partial charge in [-0.2, -0.15) is 0 Å². The Balaban J connectivity index is 1.65. The van der Waals surface area contributed by atoms with E-state index in [9.17, 15) is 4.79 Å². The topological polar surface area (TPSA) is 45.2 Å². The summed E-state index contributed by atoms with van der Waals surface area (Å²) in [7, 11) is 1.88. The Morgan fingerprint density at radius 3 is 2.52 bits per heavy atom. The Morgan fingerprint density at radius 1 is 1.19 bits per heavy atom. The molecule has 0 saturated carbocycles. The summed E-state index contributed by atoms with van der Waals surface area (Å²) in [5.74, 6) is -0.0744. The third-order valence-electron chi connectivity index (χ3n) is 3.92. The largest absolute Gasteiger partial charge is 0.342 e. The van der Waals surface area contributed by atoms with Crippen LogP contribution in [0.1, 0.15) is 22.2 Å². The van der Waals surface area contributed by atoms with Crippen molar-refractivity contribution in [1.82, 2.24) is 15.2 Å². The standard InChI is InChI=1S/C20H19Cl2N3OS/c1-25(12-14-9-16(21)11-17(22)10-14)13-18(26)24-19(20-23-7-8-27-20)15-5-3-2-4-6-15/h2-11,19H,12-13H2,1H3,(H,24,26). The van der Waals surface area contributed by atoms with E-state index in [2.05, 4.69) is 10.3 Å². The summed E-state index contributed by atoms with van der Waals surface area (Å²) in [6.45, 7) is 0.819. The van der Waals surface area contributed by atoms with E-state index < -0.39 is 0 Å². The van der Waals surface area contributed by atoms with Crippen molar-refractivity contribution in [2.45, 2.75) is 12.6 Å². The van der Waals surface area contributed by atoms with E-state index in [4.69, 9.17) is 23.2 Å². The summed E-state index contributed by atoms with van der Waals surface area (Å²) in [5, 5.41) is 7.03. The molecule has 0 aliphatic carbocycles. The van der Waals surface area contributed by atoms with E-state index in [0.29, 0.717) is 16.6 Å².